The number of hydrogen-bond acceptors (Lipinski definition) is 2. The van der Waals surface area contributed by atoms with Crippen molar-refractivity contribution in [2.75, 3.05) is 0 Å². The molecule has 1 N–H and O–H groups in total. The third-order valence-electron chi connectivity index (χ3n) is 2.84. The second-order valence-corrected chi connectivity index (χ2v) is 3.99. The number of aliphatic hydroxyl groups excluding tert-OH is 1. The summed E-state index contributed by atoms with van der Waals surface area (Å²) in [5.74, 6) is 0. The molecule has 0 spiro atoms. The predicted octanol–water partition coefficient (Wildman–Crippen LogP) is 2.65. The highest BCUT2D eigenvalue weighted by atomic mass is 16.3. The summed E-state index contributed by atoms with van der Waals surface area (Å²) >= 11 is 0. The molecule has 0 saturated carbocycles. The predicted molar refractivity (Wildman–Crippen MR) is 63.5 cm³/mol. The number of nitriles is 1. The van der Waals surface area contributed by atoms with Crippen LogP contribution in [0.1, 0.15) is 24.0 Å². The van der Waals surface area contributed by atoms with Gasteiger partial charge in [-0.05, 0) is 41.7 Å². The Kier molecular flexibility index (Phi) is 2.89. The van der Waals surface area contributed by atoms with Crippen LogP contribution in [0.3, 0.4) is 0 Å². The first-order valence-corrected chi connectivity index (χ1v) is 5.27. The van der Waals surface area contributed by atoms with Crippen LogP contribution in [0, 0.1) is 11.3 Å². The Morgan fingerprint density at radius 2 is 2.06 bits per heavy atom. The normalized spacial score (nSPS) is 19.0. The topological polar surface area (TPSA) is 44.0 Å². The van der Waals surface area contributed by atoms with Crippen LogP contribution in [0.15, 0.2) is 42.5 Å². The third-order valence-corrected chi connectivity index (χ3v) is 2.84. The van der Waals surface area contributed by atoms with E-state index < -0.39 is 0 Å². The van der Waals surface area contributed by atoms with E-state index in [-0.39, 0.29) is 6.10 Å². The minimum absolute atomic E-state index is 0.259. The molecule has 0 saturated heterocycles. The Hall–Kier alpha value is -1.85. The summed E-state index contributed by atoms with van der Waals surface area (Å²) < 4.78 is 0. The molecule has 2 rings (SSSR count). The van der Waals surface area contributed by atoms with E-state index in [0.29, 0.717) is 18.4 Å². The van der Waals surface area contributed by atoms with Gasteiger partial charge in [-0.25, -0.2) is 0 Å². The Labute approximate surface area is 95.2 Å². The lowest BCUT2D eigenvalue weighted by molar-refractivity contribution is 0.188. The van der Waals surface area contributed by atoms with Crippen LogP contribution in [0.5, 0.6) is 0 Å². The number of hydrogen-bond donors (Lipinski definition) is 1. The van der Waals surface area contributed by atoms with Gasteiger partial charge in [-0.1, -0.05) is 24.8 Å². The third kappa shape index (κ3) is 2.05. The largest absolute Gasteiger partial charge is 0.392 e. The van der Waals surface area contributed by atoms with Crippen molar-refractivity contribution in [3.05, 3.63) is 53.6 Å². The van der Waals surface area contributed by atoms with Crippen LogP contribution in [0.4, 0.5) is 0 Å². The molecule has 16 heavy (non-hydrogen) atoms. The SMILES string of the molecule is C=C(C1=CCC(O)C1)c1ccc(C#N)cc1. The average molecular weight is 211 g/mol. The Balaban J connectivity index is 2.19. The van der Waals surface area contributed by atoms with Crippen LogP contribution in [0.25, 0.3) is 5.57 Å². The van der Waals surface area contributed by atoms with E-state index in [1.54, 1.807) is 12.1 Å². The number of allylic oxidation sites excluding steroid dienone is 1. The van der Waals surface area contributed by atoms with E-state index in [1.165, 1.54) is 0 Å². The van der Waals surface area contributed by atoms with Gasteiger partial charge in [0.2, 0.25) is 0 Å². The lowest BCUT2D eigenvalue weighted by Gasteiger charge is -2.08. The van der Waals surface area contributed by atoms with E-state index in [2.05, 4.69) is 12.6 Å². The molecule has 1 unspecified atom stereocenters. The van der Waals surface area contributed by atoms with Gasteiger partial charge in [0.25, 0.3) is 0 Å². The lowest BCUT2D eigenvalue weighted by atomic mass is 9.98. The van der Waals surface area contributed by atoms with Crippen LogP contribution in [-0.2, 0) is 0 Å². The van der Waals surface area contributed by atoms with Crippen molar-refractivity contribution in [3.63, 3.8) is 0 Å². The number of rotatable bonds is 2. The Bertz CT molecular complexity index is 476. The standard InChI is InChI=1S/C14H13NO/c1-10(13-6-7-14(16)8-13)12-4-2-11(9-15)3-5-12/h2-6,14,16H,1,7-8H2. The van der Waals surface area contributed by atoms with Gasteiger partial charge in [0, 0.05) is 0 Å². The summed E-state index contributed by atoms with van der Waals surface area (Å²) in [6.07, 6.45) is 3.17. The van der Waals surface area contributed by atoms with Crippen molar-refractivity contribution in [1.82, 2.24) is 0 Å². The maximum Gasteiger partial charge on any atom is 0.0991 e. The summed E-state index contributed by atoms with van der Waals surface area (Å²) in [7, 11) is 0. The molecule has 0 fully saturated rings. The van der Waals surface area contributed by atoms with E-state index in [0.717, 1.165) is 16.7 Å². The molecule has 1 atom stereocenters. The molecule has 2 nitrogen and oxygen atoms in total. The number of aliphatic hydroxyl groups is 1. The maximum absolute atomic E-state index is 9.44. The highest BCUT2D eigenvalue weighted by molar-refractivity contribution is 5.78. The summed E-state index contributed by atoms with van der Waals surface area (Å²) in [6.45, 7) is 4.03. The fourth-order valence-corrected chi connectivity index (χ4v) is 1.88. The molecule has 0 aliphatic heterocycles. The van der Waals surface area contributed by atoms with Crippen molar-refractivity contribution in [2.45, 2.75) is 18.9 Å². The first kappa shape index (κ1) is 10.7. The maximum atomic E-state index is 9.44. The number of nitrogens with zero attached hydrogens (tertiary/aromatic N) is 1. The smallest absolute Gasteiger partial charge is 0.0991 e. The van der Waals surface area contributed by atoms with Crippen molar-refractivity contribution >= 4 is 5.57 Å². The summed E-state index contributed by atoms with van der Waals surface area (Å²) in [4.78, 5) is 0. The molecule has 0 radical (unpaired) electrons. The lowest BCUT2D eigenvalue weighted by Crippen LogP contribution is -1.99. The zero-order valence-corrected chi connectivity index (χ0v) is 8.98. The quantitative estimate of drug-likeness (QED) is 0.817. The molecular formula is C14H13NO. The molecule has 1 aromatic rings. The van der Waals surface area contributed by atoms with E-state index >= 15 is 0 Å². The molecular weight excluding hydrogens is 198 g/mol. The Morgan fingerprint density at radius 3 is 2.56 bits per heavy atom. The van der Waals surface area contributed by atoms with Crippen LogP contribution in [-0.4, -0.2) is 11.2 Å². The van der Waals surface area contributed by atoms with Gasteiger partial charge in [0.15, 0.2) is 0 Å². The van der Waals surface area contributed by atoms with E-state index in [4.69, 9.17) is 5.26 Å². The molecule has 0 amide bonds. The van der Waals surface area contributed by atoms with Gasteiger partial charge in [0.05, 0.1) is 17.7 Å². The van der Waals surface area contributed by atoms with Gasteiger partial charge >= 0.3 is 0 Å². The van der Waals surface area contributed by atoms with Crippen molar-refractivity contribution in [2.24, 2.45) is 0 Å². The molecule has 0 aromatic heterocycles. The molecule has 1 aliphatic carbocycles. The fraction of sp³-hybridized carbons (Fsp3) is 0.214. The highest BCUT2D eigenvalue weighted by Crippen LogP contribution is 2.30. The minimum Gasteiger partial charge on any atom is -0.392 e. The molecule has 2 heteroatoms. The van der Waals surface area contributed by atoms with Crippen LogP contribution < -0.4 is 0 Å². The zero-order chi connectivity index (χ0) is 11.5. The molecule has 1 aromatic carbocycles. The summed E-state index contributed by atoms with van der Waals surface area (Å²) in [5, 5.41) is 18.1. The monoisotopic (exact) mass is 211 g/mol. The van der Waals surface area contributed by atoms with Gasteiger partial charge in [-0.2, -0.15) is 5.26 Å². The van der Waals surface area contributed by atoms with Crippen LogP contribution >= 0.6 is 0 Å². The second kappa shape index (κ2) is 4.34. The van der Waals surface area contributed by atoms with Crippen molar-refractivity contribution < 1.29 is 5.11 Å². The summed E-state index contributed by atoms with van der Waals surface area (Å²) in [5.41, 5.74) is 3.72. The van der Waals surface area contributed by atoms with Crippen molar-refractivity contribution in [1.29, 1.82) is 5.26 Å². The fourth-order valence-electron chi connectivity index (χ4n) is 1.88. The molecule has 0 heterocycles. The molecule has 0 bridgehead atoms. The molecule has 80 valence electrons. The first-order valence-electron chi connectivity index (χ1n) is 5.27. The van der Waals surface area contributed by atoms with Gasteiger partial charge in [-0.15, -0.1) is 0 Å². The van der Waals surface area contributed by atoms with Gasteiger partial charge in [0.1, 0.15) is 0 Å². The Morgan fingerprint density at radius 1 is 1.38 bits per heavy atom. The average Bonchev–Trinajstić information content (AvgIpc) is 2.75. The number of benzene rings is 1. The van der Waals surface area contributed by atoms with E-state index in [1.807, 2.05) is 18.2 Å². The van der Waals surface area contributed by atoms with Crippen LogP contribution in [0.2, 0.25) is 0 Å². The minimum atomic E-state index is -0.259. The summed E-state index contributed by atoms with van der Waals surface area (Å²) in [6, 6.07) is 9.44. The van der Waals surface area contributed by atoms with Gasteiger partial charge in [-0.3, -0.25) is 0 Å². The zero-order valence-electron chi connectivity index (χ0n) is 8.98. The first-order chi connectivity index (χ1) is 7.70. The van der Waals surface area contributed by atoms with Gasteiger partial charge < -0.3 is 5.11 Å². The second-order valence-electron chi connectivity index (χ2n) is 3.99. The highest BCUT2D eigenvalue weighted by Gasteiger charge is 2.16. The van der Waals surface area contributed by atoms with E-state index in [9.17, 15) is 5.11 Å². The van der Waals surface area contributed by atoms with Crippen molar-refractivity contribution in [3.8, 4) is 6.07 Å². The molecule has 1 aliphatic rings.